The summed E-state index contributed by atoms with van der Waals surface area (Å²) in [4.78, 5) is 52.9. The molecule has 8 unspecified atom stereocenters. The summed E-state index contributed by atoms with van der Waals surface area (Å²) in [6, 6.07) is 10.3. The highest BCUT2D eigenvalue weighted by molar-refractivity contribution is 5.85. The number of ether oxygens (including phenoxy) is 2. The van der Waals surface area contributed by atoms with Gasteiger partial charge < -0.3 is 41.3 Å². The maximum absolute atomic E-state index is 14.2. The average molecular weight is 835 g/mol. The zero-order valence-electron chi connectivity index (χ0n) is 40.0. The molecular weight excluding hydrogens is 745 g/mol. The fourth-order valence-corrected chi connectivity index (χ4v) is 7.48. The average Bonchev–Trinajstić information content (AvgIpc) is 3.74. The van der Waals surface area contributed by atoms with Crippen molar-refractivity contribution in [2.24, 2.45) is 45.9 Å². The Morgan fingerprint density at radius 3 is 2.05 bits per heavy atom. The number of likely N-dealkylation sites (N-methyl/N-ethyl adjacent to an activating group) is 1. The van der Waals surface area contributed by atoms with Crippen LogP contribution in [-0.2, 0) is 35.1 Å². The fraction of sp³-hybridized carbons (Fsp3) is 0.723. The van der Waals surface area contributed by atoms with Crippen molar-refractivity contribution in [3.63, 3.8) is 0 Å². The topological polar surface area (TPSA) is 184 Å². The number of primary amides is 1. The number of likely N-dealkylation sites (tertiary alicyclic amines) is 1. The highest BCUT2D eigenvalue weighted by atomic mass is 16.5. The molecule has 0 spiro atoms. The smallest absolute Gasteiger partial charge is 0.225 e. The van der Waals surface area contributed by atoms with Crippen molar-refractivity contribution >= 4 is 30.7 Å². The van der Waals surface area contributed by atoms with Gasteiger partial charge in [0.15, 0.2) is 0 Å². The van der Waals surface area contributed by atoms with Crippen LogP contribution in [0, 0.1) is 23.7 Å². The van der Waals surface area contributed by atoms with Gasteiger partial charge in [-0.15, -0.1) is 0 Å². The van der Waals surface area contributed by atoms with E-state index in [9.17, 15) is 9.59 Å². The molecule has 12 nitrogen and oxygen atoms in total. The predicted molar refractivity (Wildman–Crippen MR) is 249 cm³/mol. The number of hydrogen-bond donors (Lipinski definition) is 3. The Morgan fingerprint density at radius 1 is 1.02 bits per heavy atom. The molecule has 59 heavy (non-hydrogen) atoms. The zero-order valence-corrected chi connectivity index (χ0v) is 40.0. The summed E-state index contributed by atoms with van der Waals surface area (Å²) in [5.41, 5.74) is 16.7. The summed E-state index contributed by atoms with van der Waals surface area (Å²) in [7, 11) is 6.83. The molecule has 0 bridgehead atoms. The van der Waals surface area contributed by atoms with Gasteiger partial charge in [-0.2, -0.15) is 0 Å². The van der Waals surface area contributed by atoms with E-state index in [1.807, 2.05) is 62.8 Å². The van der Waals surface area contributed by atoms with Gasteiger partial charge in [0.1, 0.15) is 6.79 Å². The van der Waals surface area contributed by atoms with Crippen molar-refractivity contribution in [3.05, 3.63) is 48.2 Å². The maximum Gasteiger partial charge on any atom is 0.225 e. The normalized spacial score (nSPS) is 16.8. The minimum absolute atomic E-state index is 0.0384. The van der Waals surface area contributed by atoms with Crippen molar-refractivity contribution in [3.8, 4) is 0 Å². The van der Waals surface area contributed by atoms with Gasteiger partial charge in [-0.05, 0) is 76.4 Å². The fourth-order valence-electron chi connectivity index (χ4n) is 7.48. The van der Waals surface area contributed by atoms with Gasteiger partial charge in [0, 0.05) is 52.1 Å². The Balaban J connectivity index is -0.00000113. The molecule has 1 aromatic rings. The van der Waals surface area contributed by atoms with Crippen LogP contribution in [0.3, 0.4) is 0 Å². The number of aliphatic imine (C=N–C) groups is 1. The highest BCUT2D eigenvalue weighted by Crippen LogP contribution is 2.33. The maximum atomic E-state index is 14.2. The summed E-state index contributed by atoms with van der Waals surface area (Å²) in [5, 5.41) is 0. The van der Waals surface area contributed by atoms with E-state index in [4.69, 9.17) is 29.8 Å². The van der Waals surface area contributed by atoms with E-state index in [1.54, 1.807) is 14.2 Å². The molecule has 1 aromatic carbocycles. The van der Waals surface area contributed by atoms with Crippen LogP contribution < -0.4 is 17.2 Å². The van der Waals surface area contributed by atoms with Crippen LogP contribution in [0.4, 0.5) is 0 Å². The Bertz CT molecular complexity index is 1200. The van der Waals surface area contributed by atoms with Crippen molar-refractivity contribution in [2.75, 3.05) is 41.4 Å². The van der Waals surface area contributed by atoms with Crippen LogP contribution in [-0.4, -0.2) is 106 Å². The molecule has 0 aromatic heterocycles. The second-order valence-corrected chi connectivity index (χ2v) is 14.7. The summed E-state index contributed by atoms with van der Waals surface area (Å²) in [6.45, 7) is 24.4. The Morgan fingerprint density at radius 2 is 1.58 bits per heavy atom. The van der Waals surface area contributed by atoms with Gasteiger partial charge in [0.05, 0.1) is 30.7 Å². The van der Waals surface area contributed by atoms with Gasteiger partial charge in [-0.1, -0.05) is 117 Å². The second kappa shape index (κ2) is 41.3. The van der Waals surface area contributed by atoms with Crippen molar-refractivity contribution in [1.29, 1.82) is 0 Å². The number of benzene rings is 1. The molecule has 2 rings (SSSR count). The molecule has 344 valence electrons. The van der Waals surface area contributed by atoms with Crippen molar-refractivity contribution < 1.29 is 28.7 Å². The zero-order chi connectivity index (χ0) is 46.3. The number of amides is 3. The number of allylic oxidation sites excluding steroid dienone is 1. The predicted octanol–water partition coefficient (Wildman–Crippen LogP) is 7.85. The number of carbonyl (C=O) groups is 4. The molecule has 3 amide bonds. The number of carbonyl (C=O) groups excluding carboxylic acids is 4. The number of nitrogens with two attached hydrogens (primary N) is 3. The lowest BCUT2D eigenvalue weighted by Gasteiger charge is -2.40. The first-order valence-corrected chi connectivity index (χ1v) is 21.9. The van der Waals surface area contributed by atoms with Crippen molar-refractivity contribution in [2.45, 2.75) is 158 Å². The third-order valence-electron chi connectivity index (χ3n) is 10.5. The summed E-state index contributed by atoms with van der Waals surface area (Å²) in [5.74, 6) is 0.902. The van der Waals surface area contributed by atoms with Gasteiger partial charge in [0.2, 0.25) is 18.2 Å². The third kappa shape index (κ3) is 25.0. The Hall–Kier alpha value is -3.45. The van der Waals surface area contributed by atoms with E-state index in [-0.39, 0.29) is 66.5 Å². The molecule has 0 aliphatic carbocycles. The standard InChI is InChI=1S/C39H66N4O4.C3H8.C2H6.CH3NO.CH5N.CH2O/c1-10-23-41-31(6)33(26-32-19-13-12-14-20-32)30(5)39(47-9)34-21-17-24-43(34)37(45)27-35(46-8)38(29(4)11-2)42(7)36(44)25-28(3)18-15-16-22-40;1-3-2;1-2;2-1-3;2*1-2/h10,12-14,19-20,23,28-30,33-35,38-39H,11,15-18,21-22,24-27,40H2,1-9H3;3H2,1-2H3;1-2H3;1H,(H2,2,3);2H2,1H3;1H2/b23-10-,41-31?;;;;;. The molecule has 6 N–H and O–H groups in total. The summed E-state index contributed by atoms with van der Waals surface area (Å²) in [6.07, 6.45) is 12.0. The molecule has 12 heteroatoms. The third-order valence-corrected chi connectivity index (χ3v) is 10.5. The lowest BCUT2D eigenvalue weighted by molar-refractivity contribution is -0.145. The second-order valence-electron chi connectivity index (χ2n) is 14.7. The van der Waals surface area contributed by atoms with E-state index < -0.39 is 6.10 Å². The first-order chi connectivity index (χ1) is 28.4. The molecule has 1 heterocycles. The number of hydrogen-bond acceptors (Lipinski definition) is 9. The van der Waals surface area contributed by atoms with Crippen LogP contribution in [0.5, 0.6) is 0 Å². The van der Waals surface area contributed by atoms with Gasteiger partial charge in [0.25, 0.3) is 0 Å². The first-order valence-electron chi connectivity index (χ1n) is 21.9. The van der Waals surface area contributed by atoms with Crippen LogP contribution in [0.2, 0.25) is 0 Å². The van der Waals surface area contributed by atoms with E-state index in [2.05, 4.69) is 84.2 Å². The first kappa shape index (κ1) is 62.2. The van der Waals surface area contributed by atoms with Crippen LogP contribution in [0.1, 0.15) is 133 Å². The minimum atomic E-state index is -0.403. The van der Waals surface area contributed by atoms with Gasteiger partial charge >= 0.3 is 0 Å². The molecule has 1 saturated heterocycles. The van der Waals surface area contributed by atoms with Gasteiger partial charge in [-0.3, -0.25) is 19.4 Å². The van der Waals surface area contributed by atoms with Crippen LogP contribution >= 0.6 is 0 Å². The monoisotopic (exact) mass is 835 g/mol. The van der Waals surface area contributed by atoms with Crippen molar-refractivity contribution in [1.82, 2.24) is 9.80 Å². The number of methoxy groups -OCH3 is 2. The SMILES string of the molecule is C/C=C\N=C(C)C(Cc1ccccc1)C(C)C(OC)C1CCCN1C(=O)CC(OC)C(C(C)CC)N(C)C(=O)CC(C)CCCCN.C=O.CC.CCC.CN.NC=O. The number of unbranched alkanes of at least 4 members (excludes halogenated alkanes) is 1. The Kier molecular flexibility index (Phi) is 43.5. The largest absolute Gasteiger partial charge is 0.379 e. The lowest BCUT2D eigenvalue weighted by Crippen LogP contribution is -2.53. The van der Waals surface area contributed by atoms with Gasteiger partial charge in [-0.25, -0.2) is 0 Å². The quantitative estimate of drug-likeness (QED) is 0.0636. The molecular formula is C47H90N6O6. The highest BCUT2D eigenvalue weighted by Gasteiger charge is 2.42. The molecule has 0 radical (unpaired) electrons. The minimum Gasteiger partial charge on any atom is -0.379 e. The van der Waals surface area contributed by atoms with E-state index >= 15 is 0 Å². The summed E-state index contributed by atoms with van der Waals surface area (Å²) >= 11 is 0. The molecule has 0 saturated carbocycles. The van der Waals surface area contributed by atoms with E-state index in [0.717, 1.165) is 50.7 Å². The number of rotatable bonds is 21. The molecule has 8 atom stereocenters. The van der Waals surface area contributed by atoms with Crippen LogP contribution in [0.25, 0.3) is 0 Å². The van der Waals surface area contributed by atoms with E-state index in [0.29, 0.717) is 19.5 Å². The summed E-state index contributed by atoms with van der Waals surface area (Å²) < 4.78 is 12.3. The number of nitrogens with zero attached hydrogens (tertiary/aromatic N) is 3. The molecule has 1 aliphatic rings. The molecule has 1 fully saturated rings. The van der Waals surface area contributed by atoms with Crippen LogP contribution in [0.15, 0.2) is 47.6 Å². The lowest BCUT2D eigenvalue weighted by atomic mass is 9.79. The molecule has 1 aliphatic heterocycles. The Labute approximate surface area is 361 Å². The van der Waals surface area contributed by atoms with E-state index in [1.165, 1.54) is 19.0 Å².